The molecule has 6 nitrogen and oxygen atoms in total. The molecule has 0 radical (unpaired) electrons. The van der Waals surface area contributed by atoms with Crippen LogP contribution in [0.3, 0.4) is 0 Å². The summed E-state index contributed by atoms with van der Waals surface area (Å²) in [6.45, 7) is 5.05. The fourth-order valence-electron chi connectivity index (χ4n) is 3.07. The van der Waals surface area contributed by atoms with Crippen molar-refractivity contribution in [2.75, 3.05) is 24.5 Å². The van der Waals surface area contributed by atoms with Crippen LogP contribution in [0.1, 0.15) is 31.0 Å². The van der Waals surface area contributed by atoms with E-state index in [-0.39, 0.29) is 29.9 Å². The van der Waals surface area contributed by atoms with Gasteiger partial charge in [-0.2, -0.15) is 0 Å². The highest BCUT2D eigenvalue weighted by atomic mass is 127. The van der Waals surface area contributed by atoms with Crippen molar-refractivity contribution in [3.63, 3.8) is 0 Å². The lowest BCUT2D eigenvalue weighted by molar-refractivity contribution is -0.117. The van der Waals surface area contributed by atoms with Gasteiger partial charge >= 0.3 is 0 Å². The Morgan fingerprint density at radius 2 is 2.00 bits per heavy atom. The largest absolute Gasteiger partial charge is 0.357 e. The Labute approximate surface area is 183 Å². The highest BCUT2D eigenvalue weighted by Gasteiger charge is 2.21. The number of amides is 1. The summed E-state index contributed by atoms with van der Waals surface area (Å²) >= 11 is 0. The first kappa shape index (κ1) is 22.1. The minimum Gasteiger partial charge on any atom is -0.357 e. The van der Waals surface area contributed by atoms with Crippen LogP contribution >= 0.6 is 24.0 Å². The topological polar surface area (TPSA) is 69.6 Å². The summed E-state index contributed by atoms with van der Waals surface area (Å²) in [5.74, 6) is 1.01. The highest BCUT2D eigenvalue weighted by Crippen LogP contribution is 2.21. The van der Waals surface area contributed by atoms with Crippen LogP contribution in [0.15, 0.2) is 53.7 Å². The molecule has 1 aromatic carbocycles. The zero-order valence-electron chi connectivity index (χ0n) is 16.2. The average Bonchev–Trinajstić information content (AvgIpc) is 3.13. The van der Waals surface area contributed by atoms with E-state index in [1.807, 2.05) is 53.6 Å². The molecule has 0 unspecified atom stereocenters. The fourth-order valence-corrected chi connectivity index (χ4v) is 3.07. The molecule has 0 spiro atoms. The Morgan fingerprint density at radius 3 is 2.64 bits per heavy atom. The summed E-state index contributed by atoms with van der Waals surface area (Å²) in [7, 11) is 0. The molecule has 1 aromatic heterocycles. The van der Waals surface area contributed by atoms with Gasteiger partial charge in [-0.05, 0) is 43.2 Å². The smallest absolute Gasteiger partial charge is 0.227 e. The molecule has 1 aliphatic heterocycles. The van der Waals surface area contributed by atoms with E-state index in [2.05, 4.69) is 27.5 Å². The average molecular weight is 493 g/mol. The highest BCUT2D eigenvalue weighted by molar-refractivity contribution is 14.0. The van der Waals surface area contributed by atoms with Crippen LogP contribution in [0.25, 0.3) is 0 Å². The van der Waals surface area contributed by atoms with E-state index in [0.717, 1.165) is 55.4 Å². The number of aromatic nitrogens is 1. The molecule has 1 fully saturated rings. The predicted octanol–water partition coefficient (Wildman–Crippen LogP) is 3.12. The number of nitrogens with one attached hydrogen (secondary N) is 2. The van der Waals surface area contributed by atoms with Gasteiger partial charge in [0.05, 0.1) is 6.54 Å². The van der Waals surface area contributed by atoms with Crippen LogP contribution < -0.4 is 15.5 Å². The van der Waals surface area contributed by atoms with E-state index in [1.165, 1.54) is 0 Å². The van der Waals surface area contributed by atoms with Gasteiger partial charge in [0.25, 0.3) is 0 Å². The number of rotatable bonds is 7. The van der Waals surface area contributed by atoms with Crippen LogP contribution in [0.2, 0.25) is 0 Å². The first-order chi connectivity index (χ1) is 13.3. The van der Waals surface area contributed by atoms with Crippen molar-refractivity contribution in [3.8, 4) is 0 Å². The molecule has 2 aromatic rings. The Balaban J connectivity index is 0.00000280. The van der Waals surface area contributed by atoms with Gasteiger partial charge in [0.2, 0.25) is 5.91 Å². The van der Waals surface area contributed by atoms with E-state index < -0.39 is 0 Å². The normalized spacial score (nSPS) is 14.0. The number of hydrogen-bond donors (Lipinski definition) is 2. The number of carbonyl (C=O) groups excluding carboxylic acids is 1. The first-order valence-corrected chi connectivity index (χ1v) is 9.57. The van der Waals surface area contributed by atoms with E-state index in [4.69, 9.17) is 0 Å². The molecule has 0 saturated carbocycles. The Hall–Kier alpha value is -2.16. The number of halogens is 1. The second kappa shape index (κ2) is 11.6. The molecule has 0 aliphatic carbocycles. The van der Waals surface area contributed by atoms with Gasteiger partial charge < -0.3 is 15.5 Å². The molecule has 28 heavy (non-hydrogen) atoms. The Bertz CT molecular complexity index is 764. The van der Waals surface area contributed by atoms with Gasteiger partial charge in [0.15, 0.2) is 5.96 Å². The molecule has 0 bridgehead atoms. The number of carbonyl (C=O) groups is 1. The standard InChI is InChI=1S/C21H27N5O.HI/c1-2-22-21(24-14-12-18-6-3-4-13-23-18)25-16-17-8-10-19(11-9-17)26-15-5-7-20(26)27;/h3-4,6,8-11,13H,2,5,7,12,14-16H2,1H3,(H2,22,24,25);1H. The lowest BCUT2D eigenvalue weighted by Crippen LogP contribution is -2.38. The summed E-state index contributed by atoms with van der Waals surface area (Å²) in [4.78, 5) is 22.7. The van der Waals surface area contributed by atoms with Crippen molar-refractivity contribution in [1.82, 2.24) is 15.6 Å². The number of benzene rings is 1. The number of nitrogens with zero attached hydrogens (tertiary/aromatic N) is 3. The molecule has 1 amide bonds. The van der Waals surface area contributed by atoms with Gasteiger partial charge in [-0.25, -0.2) is 4.99 Å². The maximum Gasteiger partial charge on any atom is 0.227 e. The number of anilines is 1. The molecule has 2 heterocycles. The molecule has 1 saturated heterocycles. The zero-order chi connectivity index (χ0) is 18.9. The number of hydrogen-bond acceptors (Lipinski definition) is 3. The summed E-state index contributed by atoms with van der Waals surface area (Å²) in [6.07, 6.45) is 4.27. The Kier molecular flexibility index (Phi) is 9.19. The molecule has 7 heteroatoms. The maximum absolute atomic E-state index is 11.8. The van der Waals surface area contributed by atoms with Gasteiger partial charge in [0.1, 0.15) is 0 Å². The maximum atomic E-state index is 11.8. The van der Waals surface area contributed by atoms with E-state index in [9.17, 15) is 4.79 Å². The van der Waals surface area contributed by atoms with Crippen LogP contribution in [0.4, 0.5) is 5.69 Å². The van der Waals surface area contributed by atoms with Crippen LogP contribution in [-0.2, 0) is 17.8 Å². The molecule has 150 valence electrons. The van der Waals surface area contributed by atoms with Crippen LogP contribution in [-0.4, -0.2) is 36.5 Å². The molecular formula is C21H28IN5O. The number of guanidine groups is 1. The van der Waals surface area contributed by atoms with E-state index in [1.54, 1.807) is 0 Å². The molecule has 2 N–H and O–H groups in total. The summed E-state index contributed by atoms with van der Waals surface area (Å²) in [6, 6.07) is 14.1. The molecule has 0 atom stereocenters. The van der Waals surface area contributed by atoms with Gasteiger partial charge in [0, 0.05) is 50.1 Å². The van der Waals surface area contributed by atoms with Crippen LogP contribution in [0, 0.1) is 0 Å². The van der Waals surface area contributed by atoms with Crippen molar-refractivity contribution in [2.24, 2.45) is 4.99 Å². The van der Waals surface area contributed by atoms with Gasteiger partial charge in [-0.1, -0.05) is 18.2 Å². The van der Waals surface area contributed by atoms with Crippen molar-refractivity contribution in [1.29, 1.82) is 0 Å². The lowest BCUT2D eigenvalue weighted by atomic mass is 10.2. The second-order valence-electron chi connectivity index (χ2n) is 6.51. The van der Waals surface area contributed by atoms with Crippen molar-refractivity contribution >= 4 is 41.5 Å². The van der Waals surface area contributed by atoms with Gasteiger partial charge in [-0.3, -0.25) is 9.78 Å². The lowest BCUT2D eigenvalue weighted by Gasteiger charge is -2.16. The third-order valence-corrected chi connectivity index (χ3v) is 4.49. The minimum absolute atomic E-state index is 0. The third-order valence-electron chi connectivity index (χ3n) is 4.49. The summed E-state index contributed by atoms with van der Waals surface area (Å²) in [5.41, 5.74) is 3.16. The molecule has 3 rings (SSSR count). The predicted molar refractivity (Wildman–Crippen MR) is 124 cm³/mol. The summed E-state index contributed by atoms with van der Waals surface area (Å²) < 4.78 is 0. The van der Waals surface area contributed by atoms with Gasteiger partial charge in [-0.15, -0.1) is 24.0 Å². The quantitative estimate of drug-likeness (QED) is 0.354. The van der Waals surface area contributed by atoms with E-state index >= 15 is 0 Å². The van der Waals surface area contributed by atoms with Crippen molar-refractivity contribution in [2.45, 2.75) is 32.7 Å². The van der Waals surface area contributed by atoms with Crippen molar-refractivity contribution < 1.29 is 4.79 Å². The summed E-state index contributed by atoms with van der Waals surface area (Å²) in [5, 5.41) is 6.61. The number of pyridine rings is 1. The first-order valence-electron chi connectivity index (χ1n) is 9.57. The molecular weight excluding hydrogens is 465 g/mol. The molecule has 1 aliphatic rings. The van der Waals surface area contributed by atoms with E-state index in [0.29, 0.717) is 13.0 Å². The van der Waals surface area contributed by atoms with Crippen molar-refractivity contribution in [3.05, 3.63) is 59.9 Å². The monoisotopic (exact) mass is 493 g/mol. The second-order valence-corrected chi connectivity index (χ2v) is 6.51. The fraction of sp³-hybridized carbons (Fsp3) is 0.381. The van der Waals surface area contributed by atoms with Crippen LogP contribution in [0.5, 0.6) is 0 Å². The zero-order valence-corrected chi connectivity index (χ0v) is 18.6. The minimum atomic E-state index is 0. The Morgan fingerprint density at radius 1 is 1.18 bits per heavy atom. The SMILES string of the molecule is CCNC(=NCc1ccc(N2CCCC2=O)cc1)NCCc1ccccn1.I. The third kappa shape index (κ3) is 6.47. The number of aliphatic imine (C=N–C) groups is 1.